The van der Waals surface area contributed by atoms with Crippen molar-refractivity contribution < 1.29 is 14.6 Å². The maximum Gasteiger partial charge on any atom is 0.144 e. The van der Waals surface area contributed by atoms with Crippen molar-refractivity contribution in [3.8, 4) is 5.75 Å². The van der Waals surface area contributed by atoms with E-state index in [0.717, 1.165) is 24.4 Å². The standard InChI is InChI=1S/C16H26N2O3/c1-4-8-20-14-7-5-6-13(15(14)17)18-9-12(10-19)21-16(2,3)11-18/h5-7,12,19H,4,8-11,17H2,1-3H3. The predicted octanol–water partition coefficient (Wildman–Crippen LogP) is 2.03. The van der Waals surface area contributed by atoms with Gasteiger partial charge in [-0.15, -0.1) is 0 Å². The molecular weight excluding hydrogens is 268 g/mol. The maximum absolute atomic E-state index is 9.42. The van der Waals surface area contributed by atoms with E-state index >= 15 is 0 Å². The fraction of sp³-hybridized carbons (Fsp3) is 0.625. The van der Waals surface area contributed by atoms with Gasteiger partial charge >= 0.3 is 0 Å². The topological polar surface area (TPSA) is 68.0 Å². The van der Waals surface area contributed by atoms with Gasteiger partial charge in [-0.25, -0.2) is 0 Å². The number of nitrogens with zero attached hydrogens (tertiary/aromatic N) is 1. The van der Waals surface area contributed by atoms with Crippen LogP contribution in [0.15, 0.2) is 18.2 Å². The molecule has 0 aliphatic carbocycles. The average molecular weight is 294 g/mol. The Hall–Kier alpha value is -1.46. The Labute approximate surface area is 126 Å². The zero-order chi connectivity index (χ0) is 15.5. The van der Waals surface area contributed by atoms with Gasteiger partial charge < -0.3 is 25.2 Å². The number of hydrogen-bond donors (Lipinski definition) is 2. The van der Waals surface area contributed by atoms with E-state index in [2.05, 4.69) is 11.8 Å². The largest absolute Gasteiger partial charge is 0.491 e. The van der Waals surface area contributed by atoms with Gasteiger partial charge in [-0.1, -0.05) is 13.0 Å². The van der Waals surface area contributed by atoms with Crippen LogP contribution in [0.5, 0.6) is 5.75 Å². The molecule has 0 radical (unpaired) electrons. The van der Waals surface area contributed by atoms with Gasteiger partial charge in [0.25, 0.3) is 0 Å². The van der Waals surface area contributed by atoms with Crippen molar-refractivity contribution in [1.82, 2.24) is 0 Å². The normalized spacial score (nSPS) is 21.3. The van der Waals surface area contributed by atoms with Crippen molar-refractivity contribution in [2.45, 2.75) is 38.9 Å². The maximum atomic E-state index is 9.42. The minimum atomic E-state index is -0.321. The van der Waals surface area contributed by atoms with Gasteiger partial charge in [-0.2, -0.15) is 0 Å². The number of ether oxygens (including phenoxy) is 2. The molecule has 0 amide bonds. The van der Waals surface area contributed by atoms with E-state index in [1.54, 1.807) is 0 Å². The molecule has 5 heteroatoms. The first-order valence-electron chi connectivity index (χ1n) is 7.51. The van der Waals surface area contributed by atoms with E-state index in [9.17, 15) is 5.11 Å². The van der Waals surface area contributed by atoms with Gasteiger partial charge in [0.15, 0.2) is 0 Å². The van der Waals surface area contributed by atoms with Crippen LogP contribution in [0.1, 0.15) is 27.2 Å². The Morgan fingerprint density at radius 3 is 2.90 bits per heavy atom. The number of anilines is 2. The summed E-state index contributed by atoms with van der Waals surface area (Å²) >= 11 is 0. The van der Waals surface area contributed by atoms with Crippen LogP contribution in [0.4, 0.5) is 11.4 Å². The van der Waals surface area contributed by atoms with Gasteiger partial charge in [-0.05, 0) is 32.4 Å². The molecule has 5 nitrogen and oxygen atoms in total. The van der Waals surface area contributed by atoms with Crippen molar-refractivity contribution in [3.05, 3.63) is 18.2 Å². The fourth-order valence-electron chi connectivity index (χ4n) is 2.72. The summed E-state index contributed by atoms with van der Waals surface area (Å²) in [6.07, 6.45) is 0.745. The van der Waals surface area contributed by atoms with Crippen LogP contribution in [0.2, 0.25) is 0 Å². The van der Waals surface area contributed by atoms with Gasteiger partial charge in [0.05, 0.1) is 36.3 Å². The lowest BCUT2D eigenvalue weighted by Gasteiger charge is -2.43. The molecule has 1 aromatic carbocycles. The molecule has 1 fully saturated rings. The summed E-state index contributed by atoms with van der Waals surface area (Å²) in [7, 11) is 0. The number of benzene rings is 1. The molecule has 1 aromatic rings. The second-order valence-corrected chi connectivity index (χ2v) is 6.10. The van der Waals surface area contributed by atoms with Crippen molar-refractivity contribution in [1.29, 1.82) is 0 Å². The number of aliphatic hydroxyl groups is 1. The second kappa shape index (κ2) is 6.54. The van der Waals surface area contributed by atoms with Crippen LogP contribution >= 0.6 is 0 Å². The number of hydrogen-bond acceptors (Lipinski definition) is 5. The van der Waals surface area contributed by atoms with E-state index in [4.69, 9.17) is 15.2 Å². The highest BCUT2D eigenvalue weighted by atomic mass is 16.5. The molecule has 1 aliphatic rings. The molecule has 1 aliphatic heterocycles. The summed E-state index contributed by atoms with van der Waals surface area (Å²) in [5.74, 6) is 0.721. The first-order valence-corrected chi connectivity index (χ1v) is 7.51. The number of rotatable bonds is 5. The smallest absolute Gasteiger partial charge is 0.144 e. The summed E-state index contributed by atoms with van der Waals surface area (Å²) < 4.78 is 11.5. The number of nitrogens with two attached hydrogens (primary N) is 1. The van der Waals surface area contributed by atoms with Crippen LogP contribution in [-0.2, 0) is 4.74 Å². The van der Waals surface area contributed by atoms with Crippen LogP contribution < -0.4 is 15.4 Å². The number of morpholine rings is 1. The van der Waals surface area contributed by atoms with Crippen LogP contribution in [0.3, 0.4) is 0 Å². The lowest BCUT2D eigenvalue weighted by Crippen LogP contribution is -2.54. The molecule has 2 rings (SSSR count). The van der Waals surface area contributed by atoms with E-state index in [1.165, 1.54) is 0 Å². The average Bonchev–Trinajstić information content (AvgIpc) is 2.44. The van der Waals surface area contributed by atoms with Crippen molar-refractivity contribution >= 4 is 11.4 Å². The van der Waals surface area contributed by atoms with Gasteiger partial charge in [0, 0.05) is 13.1 Å². The minimum absolute atomic E-state index is 0.00581. The number of aliphatic hydroxyl groups excluding tert-OH is 1. The monoisotopic (exact) mass is 294 g/mol. The van der Waals surface area contributed by atoms with Crippen LogP contribution in [-0.4, -0.2) is 43.1 Å². The number of para-hydroxylation sites is 1. The van der Waals surface area contributed by atoms with Gasteiger partial charge in [0.1, 0.15) is 5.75 Å². The van der Waals surface area contributed by atoms with E-state index in [0.29, 0.717) is 18.8 Å². The van der Waals surface area contributed by atoms with Gasteiger partial charge in [0.2, 0.25) is 0 Å². The SMILES string of the molecule is CCCOc1cccc(N2CC(CO)OC(C)(C)C2)c1N. The second-order valence-electron chi connectivity index (χ2n) is 6.10. The Bertz CT molecular complexity index is 477. The predicted molar refractivity (Wildman–Crippen MR) is 84.9 cm³/mol. The molecule has 1 unspecified atom stereocenters. The molecular formula is C16H26N2O3. The Morgan fingerprint density at radius 2 is 2.24 bits per heavy atom. The quantitative estimate of drug-likeness (QED) is 0.813. The lowest BCUT2D eigenvalue weighted by atomic mass is 10.0. The Balaban J connectivity index is 2.24. The third-order valence-electron chi connectivity index (χ3n) is 3.53. The molecule has 0 aromatic heterocycles. The van der Waals surface area contributed by atoms with Crippen LogP contribution in [0.25, 0.3) is 0 Å². The molecule has 1 saturated heterocycles. The molecule has 1 heterocycles. The molecule has 21 heavy (non-hydrogen) atoms. The van der Waals surface area contributed by atoms with Gasteiger partial charge in [-0.3, -0.25) is 0 Å². The highest BCUT2D eigenvalue weighted by molar-refractivity contribution is 5.74. The summed E-state index contributed by atoms with van der Waals surface area (Å²) in [4.78, 5) is 2.17. The highest BCUT2D eigenvalue weighted by Crippen LogP contribution is 2.35. The summed E-state index contributed by atoms with van der Waals surface area (Å²) in [5, 5.41) is 9.42. The van der Waals surface area contributed by atoms with Crippen molar-refractivity contribution in [2.24, 2.45) is 0 Å². The minimum Gasteiger partial charge on any atom is -0.491 e. The Kier molecular flexibility index (Phi) is 4.96. The van der Waals surface area contributed by atoms with E-state index < -0.39 is 0 Å². The lowest BCUT2D eigenvalue weighted by molar-refractivity contribution is -0.100. The molecule has 118 valence electrons. The molecule has 0 bridgehead atoms. The zero-order valence-corrected chi connectivity index (χ0v) is 13.1. The van der Waals surface area contributed by atoms with E-state index in [1.807, 2.05) is 32.0 Å². The first kappa shape index (κ1) is 15.9. The van der Waals surface area contributed by atoms with Crippen molar-refractivity contribution in [2.75, 3.05) is 36.9 Å². The molecule has 1 atom stereocenters. The molecule has 0 spiro atoms. The fourth-order valence-corrected chi connectivity index (χ4v) is 2.72. The zero-order valence-electron chi connectivity index (χ0n) is 13.1. The first-order chi connectivity index (χ1) is 9.96. The van der Waals surface area contributed by atoms with Crippen LogP contribution in [0, 0.1) is 0 Å². The highest BCUT2D eigenvalue weighted by Gasteiger charge is 2.34. The number of nitrogen functional groups attached to an aromatic ring is 1. The third kappa shape index (κ3) is 3.80. The third-order valence-corrected chi connectivity index (χ3v) is 3.53. The van der Waals surface area contributed by atoms with Crippen molar-refractivity contribution in [3.63, 3.8) is 0 Å². The molecule has 0 saturated carbocycles. The summed E-state index contributed by atoms with van der Waals surface area (Å²) in [6.45, 7) is 8.13. The van der Waals surface area contributed by atoms with E-state index in [-0.39, 0.29) is 18.3 Å². The Morgan fingerprint density at radius 1 is 1.48 bits per heavy atom. The summed E-state index contributed by atoms with van der Waals surface area (Å²) in [5.41, 5.74) is 7.54. The molecule has 3 N–H and O–H groups in total. The summed E-state index contributed by atoms with van der Waals surface area (Å²) in [6, 6.07) is 5.83.